The minimum Gasteiger partial charge on any atom is -0.396 e. The highest BCUT2D eigenvalue weighted by Gasteiger charge is 2.13. The zero-order chi connectivity index (χ0) is 16.5. The van der Waals surface area contributed by atoms with E-state index < -0.39 is 0 Å². The van der Waals surface area contributed by atoms with Gasteiger partial charge in [-0.25, -0.2) is 0 Å². The first kappa shape index (κ1) is 17.2. The second-order valence-corrected chi connectivity index (χ2v) is 5.95. The third-order valence-corrected chi connectivity index (χ3v) is 4.23. The first-order chi connectivity index (χ1) is 11.2. The summed E-state index contributed by atoms with van der Waals surface area (Å²) in [4.78, 5) is 12.1. The van der Waals surface area contributed by atoms with Gasteiger partial charge in [0.2, 0.25) is 5.91 Å². The number of benzene rings is 1. The summed E-state index contributed by atoms with van der Waals surface area (Å²) >= 11 is 1.33. The number of anilines is 1. The molecule has 0 bridgehead atoms. The van der Waals surface area contributed by atoms with Crippen LogP contribution in [0, 0.1) is 11.3 Å². The fourth-order valence-corrected chi connectivity index (χ4v) is 3.00. The predicted molar refractivity (Wildman–Crippen MR) is 91.2 cm³/mol. The van der Waals surface area contributed by atoms with E-state index in [1.54, 1.807) is 11.4 Å². The number of thiophene rings is 1. The van der Waals surface area contributed by atoms with E-state index in [-0.39, 0.29) is 25.1 Å². The first-order valence-corrected chi connectivity index (χ1v) is 8.29. The van der Waals surface area contributed by atoms with Gasteiger partial charge in [0.05, 0.1) is 12.1 Å². The maximum absolute atomic E-state index is 12.1. The van der Waals surface area contributed by atoms with Crippen LogP contribution in [-0.2, 0) is 4.79 Å². The van der Waals surface area contributed by atoms with Crippen LogP contribution in [0.25, 0.3) is 0 Å². The molecule has 5 nitrogen and oxygen atoms in total. The molecule has 0 spiro atoms. The largest absolute Gasteiger partial charge is 0.396 e. The summed E-state index contributed by atoms with van der Waals surface area (Å²) in [6.45, 7) is 0.270. The number of aliphatic hydroxyl groups excluding tert-OH is 1. The summed E-state index contributed by atoms with van der Waals surface area (Å²) in [7, 11) is 0. The van der Waals surface area contributed by atoms with Crippen LogP contribution in [0.5, 0.6) is 0 Å². The number of nitrogens with zero attached hydrogens (tertiary/aromatic N) is 1. The molecule has 0 aliphatic carbocycles. The van der Waals surface area contributed by atoms with Gasteiger partial charge in [0.25, 0.3) is 0 Å². The van der Waals surface area contributed by atoms with Crippen LogP contribution >= 0.6 is 11.3 Å². The van der Waals surface area contributed by atoms with E-state index in [2.05, 4.69) is 10.6 Å². The van der Waals surface area contributed by atoms with Gasteiger partial charge in [-0.05, 0) is 29.9 Å². The molecule has 2 aromatic rings. The van der Waals surface area contributed by atoms with Gasteiger partial charge < -0.3 is 15.7 Å². The molecule has 1 heterocycles. The van der Waals surface area contributed by atoms with Crippen LogP contribution < -0.4 is 10.6 Å². The maximum Gasteiger partial charge on any atom is 0.238 e. The summed E-state index contributed by atoms with van der Waals surface area (Å²) in [5.41, 5.74) is 1.56. The Kier molecular flexibility index (Phi) is 6.76. The molecule has 1 aromatic heterocycles. The Morgan fingerprint density at radius 2 is 2.09 bits per heavy atom. The average Bonchev–Trinajstić information content (AvgIpc) is 3.03. The molecule has 0 fully saturated rings. The Balaban J connectivity index is 1.93. The normalized spacial score (nSPS) is 11.7. The highest BCUT2D eigenvalue weighted by molar-refractivity contribution is 7.14. The molecule has 0 saturated carbocycles. The lowest BCUT2D eigenvalue weighted by Crippen LogP contribution is -2.31. The van der Waals surface area contributed by atoms with Crippen LogP contribution in [0.2, 0.25) is 0 Å². The minimum atomic E-state index is -0.186. The van der Waals surface area contributed by atoms with E-state index >= 15 is 0 Å². The van der Waals surface area contributed by atoms with Crippen LogP contribution in [-0.4, -0.2) is 24.2 Å². The summed E-state index contributed by atoms with van der Waals surface area (Å²) in [5.74, 6) is -0.186. The van der Waals surface area contributed by atoms with Crippen molar-refractivity contribution < 1.29 is 9.90 Å². The fraction of sp³-hybridized carbons (Fsp3) is 0.294. The molecule has 0 saturated heterocycles. The molecule has 1 amide bonds. The van der Waals surface area contributed by atoms with Crippen LogP contribution in [0.1, 0.15) is 30.0 Å². The zero-order valence-electron chi connectivity index (χ0n) is 12.7. The molecule has 6 heteroatoms. The van der Waals surface area contributed by atoms with E-state index in [4.69, 9.17) is 10.4 Å². The van der Waals surface area contributed by atoms with Gasteiger partial charge in [0, 0.05) is 12.6 Å². The molecule has 0 radical (unpaired) electrons. The number of nitrogens with one attached hydrogen (secondary N) is 2. The van der Waals surface area contributed by atoms with Gasteiger partial charge in [0.1, 0.15) is 11.1 Å². The smallest absolute Gasteiger partial charge is 0.238 e. The Labute approximate surface area is 139 Å². The van der Waals surface area contributed by atoms with Crippen LogP contribution in [0.3, 0.4) is 0 Å². The second-order valence-electron chi connectivity index (χ2n) is 5.03. The van der Waals surface area contributed by atoms with Crippen molar-refractivity contribution in [3.05, 3.63) is 52.9 Å². The second kappa shape index (κ2) is 9.06. The zero-order valence-corrected chi connectivity index (χ0v) is 13.5. The molecule has 1 aromatic carbocycles. The summed E-state index contributed by atoms with van der Waals surface area (Å²) in [5, 5.41) is 26.3. The Bertz CT molecular complexity index is 664. The number of amides is 1. The van der Waals surface area contributed by atoms with Gasteiger partial charge in [-0.15, -0.1) is 11.3 Å². The number of carbonyl (C=O) groups excluding carboxylic acids is 1. The SMILES string of the molecule is N#Cc1ccsc1NC(=O)CNC(CCCO)c1ccccc1. The van der Waals surface area contributed by atoms with E-state index in [0.29, 0.717) is 17.0 Å². The lowest BCUT2D eigenvalue weighted by Gasteiger charge is -2.18. The van der Waals surface area contributed by atoms with E-state index in [0.717, 1.165) is 12.0 Å². The van der Waals surface area contributed by atoms with Crippen LogP contribution in [0.4, 0.5) is 5.00 Å². The van der Waals surface area contributed by atoms with E-state index in [9.17, 15) is 4.79 Å². The van der Waals surface area contributed by atoms with Crippen molar-refractivity contribution in [2.45, 2.75) is 18.9 Å². The van der Waals surface area contributed by atoms with Gasteiger partial charge in [-0.3, -0.25) is 4.79 Å². The van der Waals surface area contributed by atoms with Gasteiger partial charge in [-0.2, -0.15) is 5.26 Å². The van der Waals surface area contributed by atoms with E-state index in [1.807, 2.05) is 36.4 Å². The average molecular weight is 329 g/mol. The lowest BCUT2D eigenvalue weighted by molar-refractivity contribution is -0.115. The van der Waals surface area contributed by atoms with E-state index in [1.165, 1.54) is 11.3 Å². The molecule has 1 atom stereocenters. The van der Waals surface area contributed by atoms with Crippen molar-refractivity contribution >= 4 is 22.2 Å². The molecule has 23 heavy (non-hydrogen) atoms. The lowest BCUT2D eigenvalue weighted by atomic mass is 10.0. The highest BCUT2D eigenvalue weighted by Crippen LogP contribution is 2.22. The highest BCUT2D eigenvalue weighted by atomic mass is 32.1. The van der Waals surface area contributed by atoms with Crippen molar-refractivity contribution in [2.24, 2.45) is 0 Å². The molecule has 120 valence electrons. The Hall–Kier alpha value is -2.20. The Morgan fingerprint density at radius 3 is 2.78 bits per heavy atom. The third-order valence-electron chi connectivity index (χ3n) is 3.40. The Morgan fingerprint density at radius 1 is 1.30 bits per heavy atom. The monoisotopic (exact) mass is 329 g/mol. The standard InChI is InChI=1S/C17H19N3O2S/c18-11-14-8-10-23-17(14)20-16(22)12-19-15(7-4-9-21)13-5-2-1-3-6-13/h1-3,5-6,8,10,15,19,21H,4,7,9,12H2,(H,20,22). The minimum absolute atomic E-state index is 0.00729. The first-order valence-electron chi connectivity index (χ1n) is 7.41. The third kappa shape index (κ3) is 5.18. The van der Waals surface area contributed by atoms with Crippen LogP contribution in [0.15, 0.2) is 41.8 Å². The number of hydrogen-bond donors (Lipinski definition) is 3. The molecular weight excluding hydrogens is 310 g/mol. The fourth-order valence-electron chi connectivity index (χ4n) is 2.25. The molecule has 2 rings (SSSR count). The predicted octanol–water partition coefficient (Wildman–Crippen LogP) is 2.66. The number of aliphatic hydroxyl groups is 1. The van der Waals surface area contributed by atoms with Crippen molar-refractivity contribution in [1.29, 1.82) is 5.26 Å². The molecule has 0 aliphatic rings. The van der Waals surface area contributed by atoms with Gasteiger partial charge in [0.15, 0.2) is 0 Å². The maximum atomic E-state index is 12.1. The number of rotatable bonds is 8. The van der Waals surface area contributed by atoms with Gasteiger partial charge in [-0.1, -0.05) is 30.3 Å². The molecular formula is C17H19N3O2S. The molecule has 3 N–H and O–H groups in total. The van der Waals surface area contributed by atoms with Crippen molar-refractivity contribution in [3.8, 4) is 6.07 Å². The topological polar surface area (TPSA) is 85.2 Å². The summed E-state index contributed by atoms with van der Waals surface area (Å²) in [6.07, 6.45) is 1.41. The quantitative estimate of drug-likeness (QED) is 0.695. The van der Waals surface area contributed by atoms with Gasteiger partial charge >= 0.3 is 0 Å². The summed E-state index contributed by atoms with van der Waals surface area (Å²) in [6, 6.07) is 13.6. The number of hydrogen-bond acceptors (Lipinski definition) is 5. The molecule has 0 aliphatic heterocycles. The van der Waals surface area contributed by atoms with Crippen molar-refractivity contribution in [3.63, 3.8) is 0 Å². The van der Waals surface area contributed by atoms with Crippen molar-refractivity contribution in [2.75, 3.05) is 18.5 Å². The van der Waals surface area contributed by atoms with Crippen molar-refractivity contribution in [1.82, 2.24) is 5.32 Å². The molecule has 1 unspecified atom stereocenters. The summed E-state index contributed by atoms with van der Waals surface area (Å²) < 4.78 is 0. The number of nitriles is 1. The number of carbonyl (C=O) groups is 1.